The second kappa shape index (κ2) is 8.11. The van der Waals surface area contributed by atoms with Crippen LogP contribution in [-0.4, -0.2) is 24.6 Å². The average Bonchev–Trinajstić information content (AvgIpc) is 2.32. The first-order valence-corrected chi connectivity index (χ1v) is 8.03. The number of nitrogens with one attached hydrogen (secondary N) is 1. The maximum absolute atomic E-state index is 13.4. The van der Waals surface area contributed by atoms with Crippen LogP contribution in [-0.2, 0) is 6.42 Å². The van der Waals surface area contributed by atoms with E-state index in [0.717, 1.165) is 30.7 Å². The highest BCUT2D eigenvalue weighted by atomic mass is 79.9. The topological polar surface area (TPSA) is 12.0 Å². The molecule has 1 aromatic rings. The third-order valence-electron chi connectivity index (χ3n) is 2.66. The maximum Gasteiger partial charge on any atom is 0.137 e. The smallest absolute Gasteiger partial charge is 0.137 e. The van der Waals surface area contributed by atoms with E-state index in [9.17, 15) is 4.39 Å². The number of thioether (sulfide) groups is 1. The molecule has 0 saturated carbocycles. The Balaban J connectivity index is 2.67. The zero-order valence-electron chi connectivity index (χ0n) is 10.3. The van der Waals surface area contributed by atoms with E-state index in [0.29, 0.717) is 10.5 Å². The summed E-state index contributed by atoms with van der Waals surface area (Å²) >= 11 is 5.17. The number of halogens is 2. The fourth-order valence-electron chi connectivity index (χ4n) is 1.80. The van der Waals surface area contributed by atoms with Crippen molar-refractivity contribution in [1.82, 2.24) is 5.32 Å². The van der Waals surface area contributed by atoms with Crippen LogP contribution in [0.25, 0.3) is 0 Å². The minimum Gasteiger partial charge on any atom is -0.314 e. The summed E-state index contributed by atoms with van der Waals surface area (Å²) in [5.41, 5.74) is 1.04. The molecular formula is C13H19BrFNS. The lowest BCUT2D eigenvalue weighted by atomic mass is 10.0. The number of hydrogen-bond donors (Lipinski definition) is 1. The van der Waals surface area contributed by atoms with Crippen LogP contribution in [0.1, 0.15) is 18.9 Å². The van der Waals surface area contributed by atoms with Crippen molar-refractivity contribution in [2.24, 2.45) is 0 Å². The van der Waals surface area contributed by atoms with Crippen LogP contribution in [0, 0.1) is 5.82 Å². The minimum atomic E-state index is -0.178. The standard InChI is InChI=1S/C13H19BrFNS/c1-3-16-11(7-8-17-2)9-10-5-4-6-12(15)13(10)14/h4-6,11,16H,3,7-9H2,1-2H3. The van der Waals surface area contributed by atoms with Crippen molar-refractivity contribution in [2.45, 2.75) is 25.8 Å². The summed E-state index contributed by atoms with van der Waals surface area (Å²) in [7, 11) is 0. The summed E-state index contributed by atoms with van der Waals surface area (Å²) in [4.78, 5) is 0. The molecular weight excluding hydrogens is 301 g/mol. The molecule has 1 nitrogen and oxygen atoms in total. The molecule has 4 heteroatoms. The molecule has 0 radical (unpaired) electrons. The zero-order chi connectivity index (χ0) is 12.7. The second-order valence-corrected chi connectivity index (χ2v) is 5.73. The number of hydrogen-bond acceptors (Lipinski definition) is 2. The highest BCUT2D eigenvalue weighted by molar-refractivity contribution is 9.10. The largest absolute Gasteiger partial charge is 0.314 e. The van der Waals surface area contributed by atoms with Crippen molar-refractivity contribution in [2.75, 3.05) is 18.6 Å². The zero-order valence-corrected chi connectivity index (χ0v) is 12.7. The van der Waals surface area contributed by atoms with Crippen molar-refractivity contribution in [3.05, 3.63) is 34.1 Å². The molecule has 0 bridgehead atoms. The van der Waals surface area contributed by atoms with E-state index >= 15 is 0 Å². The summed E-state index contributed by atoms with van der Waals surface area (Å²) in [6.07, 6.45) is 4.09. The van der Waals surface area contributed by atoms with Gasteiger partial charge in [0.2, 0.25) is 0 Å². The molecule has 0 spiro atoms. The average molecular weight is 320 g/mol. The summed E-state index contributed by atoms with van der Waals surface area (Å²) in [6, 6.07) is 5.66. The van der Waals surface area contributed by atoms with Gasteiger partial charge in [-0.05, 0) is 59.0 Å². The van der Waals surface area contributed by atoms with Crippen LogP contribution in [0.5, 0.6) is 0 Å². The van der Waals surface area contributed by atoms with Gasteiger partial charge in [-0.15, -0.1) is 0 Å². The molecule has 96 valence electrons. The first-order valence-electron chi connectivity index (χ1n) is 5.84. The van der Waals surface area contributed by atoms with Crippen LogP contribution in [0.15, 0.2) is 22.7 Å². The Hall–Kier alpha value is -0.0600. The van der Waals surface area contributed by atoms with Crippen LogP contribution in [0.4, 0.5) is 4.39 Å². The Morgan fingerprint density at radius 2 is 2.24 bits per heavy atom. The van der Waals surface area contributed by atoms with Crippen molar-refractivity contribution in [3.8, 4) is 0 Å². The van der Waals surface area contributed by atoms with Gasteiger partial charge in [0.25, 0.3) is 0 Å². The normalized spacial score (nSPS) is 12.7. The highest BCUT2D eigenvalue weighted by Gasteiger charge is 2.12. The quantitative estimate of drug-likeness (QED) is 0.819. The van der Waals surface area contributed by atoms with Gasteiger partial charge in [0, 0.05) is 6.04 Å². The fraction of sp³-hybridized carbons (Fsp3) is 0.538. The summed E-state index contributed by atoms with van der Waals surface area (Å²) in [5, 5.41) is 3.46. The van der Waals surface area contributed by atoms with E-state index in [-0.39, 0.29) is 5.82 Å². The summed E-state index contributed by atoms with van der Waals surface area (Å²) in [6.45, 7) is 3.05. The third-order valence-corrected chi connectivity index (χ3v) is 4.19. The molecule has 17 heavy (non-hydrogen) atoms. The predicted molar refractivity (Wildman–Crippen MR) is 78.3 cm³/mol. The second-order valence-electron chi connectivity index (χ2n) is 3.95. The lowest BCUT2D eigenvalue weighted by molar-refractivity contribution is 0.510. The Morgan fingerprint density at radius 1 is 1.47 bits per heavy atom. The molecule has 1 unspecified atom stereocenters. The number of rotatable bonds is 7. The minimum absolute atomic E-state index is 0.178. The molecule has 0 aliphatic heterocycles. The Kier molecular flexibility index (Phi) is 7.16. The van der Waals surface area contributed by atoms with Gasteiger partial charge >= 0.3 is 0 Å². The van der Waals surface area contributed by atoms with E-state index in [1.165, 1.54) is 6.07 Å². The van der Waals surface area contributed by atoms with Crippen molar-refractivity contribution in [1.29, 1.82) is 0 Å². The molecule has 0 aromatic heterocycles. The van der Waals surface area contributed by atoms with Gasteiger partial charge in [-0.1, -0.05) is 19.1 Å². The van der Waals surface area contributed by atoms with E-state index < -0.39 is 0 Å². The van der Waals surface area contributed by atoms with Crippen LogP contribution in [0.2, 0.25) is 0 Å². The van der Waals surface area contributed by atoms with Crippen molar-refractivity contribution < 1.29 is 4.39 Å². The first kappa shape index (κ1) is 15.0. The summed E-state index contributed by atoms with van der Waals surface area (Å²) < 4.78 is 14.0. The molecule has 0 amide bonds. The molecule has 1 atom stereocenters. The van der Waals surface area contributed by atoms with Gasteiger partial charge < -0.3 is 5.32 Å². The van der Waals surface area contributed by atoms with Gasteiger partial charge in [0.15, 0.2) is 0 Å². The fourth-order valence-corrected chi connectivity index (χ4v) is 2.74. The van der Waals surface area contributed by atoms with Gasteiger partial charge in [-0.2, -0.15) is 11.8 Å². The van der Waals surface area contributed by atoms with Gasteiger partial charge in [0.1, 0.15) is 5.82 Å². The predicted octanol–water partition coefficient (Wildman–Crippen LogP) is 3.86. The molecule has 1 N–H and O–H groups in total. The molecule has 1 rings (SSSR count). The Bertz CT molecular complexity index is 346. The number of likely N-dealkylation sites (N-methyl/N-ethyl adjacent to an activating group) is 1. The highest BCUT2D eigenvalue weighted by Crippen LogP contribution is 2.22. The lowest BCUT2D eigenvalue weighted by Gasteiger charge is -2.18. The van der Waals surface area contributed by atoms with E-state index in [1.807, 2.05) is 17.8 Å². The molecule has 0 saturated heterocycles. The van der Waals surface area contributed by atoms with Crippen LogP contribution >= 0.6 is 27.7 Å². The summed E-state index contributed by atoms with van der Waals surface area (Å²) in [5.74, 6) is 0.951. The lowest BCUT2D eigenvalue weighted by Crippen LogP contribution is -2.31. The Labute approximate surface area is 116 Å². The van der Waals surface area contributed by atoms with Gasteiger partial charge in [-0.3, -0.25) is 0 Å². The van der Waals surface area contributed by atoms with E-state index in [1.54, 1.807) is 6.07 Å². The van der Waals surface area contributed by atoms with Gasteiger partial charge in [0.05, 0.1) is 4.47 Å². The SMILES string of the molecule is CCNC(CCSC)Cc1cccc(F)c1Br. The van der Waals surface area contributed by atoms with Gasteiger partial charge in [-0.25, -0.2) is 4.39 Å². The first-order chi connectivity index (χ1) is 8.19. The molecule has 0 heterocycles. The molecule has 0 aliphatic carbocycles. The van der Waals surface area contributed by atoms with Crippen LogP contribution in [0.3, 0.4) is 0 Å². The van der Waals surface area contributed by atoms with Crippen LogP contribution < -0.4 is 5.32 Å². The molecule has 1 aromatic carbocycles. The van der Waals surface area contributed by atoms with Crippen molar-refractivity contribution in [3.63, 3.8) is 0 Å². The van der Waals surface area contributed by atoms with E-state index in [2.05, 4.69) is 34.4 Å². The molecule has 0 aliphatic rings. The maximum atomic E-state index is 13.4. The van der Waals surface area contributed by atoms with Crippen molar-refractivity contribution >= 4 is 27.7 Å². The third kappa shape index (κ3) is 4.98. The monoisotopic (exact) mass is 319 g/mol. The molecule has 0 fully saturated rings. The van der Waals surface area contributed by atoms with E-state index in [4.69, 9.17) is 0 Å². The number of benzene rings is 1. The Morgan fingerprint density at radius 3 is 2.88 bits per heavy atom.